The quantitative estimate of drug-likeness (QED) is 0.0985. The molecule has 0 bridgehead atoms. The summed E-state index contributed by atoms with van der Waals surface area (Å²) in [7, 11) is 1.66. The molecule has 5 amide bonds. The van der Waals surface area contributed by atoms with Crippen molar-refractivity contribution in [1.82, 2.24) is 26.2 Å². The zero-order valence-electron chi connectivity index (χ0n) is 24.8. The first-order valence-electron chi connectivity index (χ1n) is 14.9. The maximum absolute atomic E-state index is 12.8. The van der Waals surface area contributed by atoms with E-state index in [1.165, 1.54) is 11.0 Å². The van der Waals surface area contributed by atoms with E-state index in [4.69, 9.17) is 4.74 Å². The van der Waals surface area contributed by atoms with E-state index in [1.807, 2.05) is 0 Å². The lowest BCUT2D eigenvalue weighted by molar-refractivity contribution is -0.136. The molecule has 0 aromatic rings. The molecule has 0 aliphatic carbocycles. The van der Waals surface area contributed by atoms with Gasteiger partial charge in [0.1, 0.15) is 6.61 Å². The van der Waals surface area contributed by atoms with Gasteiger partial charge < -0.3 is 30.9 Å². The Morgan fingerprint density at radius 3 is 1.88 bits per heavy atom. The van der Waals surface area contributed by atoms with Gasteiger partial charge in [0.15, 0.2) is 0 Å². The number of hydrogen-bond donors (Lipinski definition) is 4. The minimum Gasteiger partial charge on any atom is -0.445 e. The van der Waals surface area contributed by atoms with E-state index in [9.17, 15) is 24.0 Å². The van der Waals surface area contributed by atoms with Crippen molar-refractivity contribution in [3.8, 4) is 0 Å². The van der Waals surface area contributed by atoms with Gasteiger partial charge in [0.05, 0.1) is 6.54 Å². The molecule has 0 radical (unpaired) electrons. The van der Waals surface area contributed by atoms with Gasteiger partial charge in [0, 0.05) is 52.5 Å². The van der Waals surface area contributed by atoms with E-state index < -0.39 is 6.09 Å². The van der Waals surface area contributed by atoms with Gasteiger partial charge in [-0.25, -0.2) is 4.79 Å². The number of carbonyl (C=O) groups is 5. The number of alkyl carbamates (subject to hydrolysis) is 1. The molecular weight excluding hydrogens is 514 g/mol. The van der Waals surface area contributed by atoms with Crippen molar-refractivity contribution in [2.45, 2.75) is 96.8 Å². The Morgan fingerprint density at radius 1 is 0.700 bits per heavy atom. The van der Waals surface area contributed by atoms with Gasteiger partial charge in [-0.2, -0.15) is 0 Å². The Labute approximate surface area is 240 Å². The van der Waals surface area contributed by atoms with Gasteiger partial charge >= 0.3 is 6.09 Å². The van der Waals surface area contributed by atoms with Crippen LogP contribution < -0.4 is 21.3 Å². The highest BCUT2D eigenvalue weighted by atomic mass is 16.5. The van der Waals surface area contributed by atoms with Gasteiger partial charge in [-0.15, -0.1) is 0 Å². The number of unbranched alkanes of at least 4 members (excludes halogenated alkanes) is 9. The maximum atomic E-state index is 12.8. The Bertz CT molecular complexity index is 746. The summed E-state index contributed by atoms with van der Waals surface area (Å²) in [5.41, 5.74) is 0. The molecule has 0 saturated heterocycles. The molecule has 0 aliphatic rings. The van der Waals surface area contributed by atoms with Gasteiger partial charge in [-0.05, 0) is 25.7 Å². The largest absolute Gasteiger partial charge is 0.445 e. The summed E-state index contributed by atoms with van der Waals surface area (Å²) >= 11 is 0. The minimum absolute atomic E-state index is 0.0341. The molecule has 0 unspecified atom stereocenters. The number of hydrogen-bond acceptors (Lipinski definition) is 6. The highest BCUT2D eigenvalue weighted by Crippen LogP contribution is 2.09. The van der Waals surface area contributed by atoms with Crippen molar-refractivity contribution in [3.63, 3.8) is 0 Å². The lowest BCUT2D eigenvalue weighted by atomic mass is 10.1. The average molecular weight is 568 g/mol. The third-order valence-corrected chi connectivity index (χ3v) is 6.31. The molecule has 0 aromatic heterocycles. The number of nitrogens with one attached hydrogen (secondary N) is 4. The van der Waals surface area contributed by atoms with Crippen LogP contribution in [0.25, 0.3) is 0 Å². The zero-order valence-corrected chi connectivity index (χ0v) is 24.8. The second-order valence-corrected chi connectivity index (χ2v) is 9.74. The summed E-state index contributed by atoms with van der Waals surface area (Å²) in [6.45, 7) is 6.97. The van der Waals surface area contributed by atoms with Crippen LogP contribution in [0.5, 0.6) is 0 Å². The lowest BCUT2D eigenvalue weighted by Gasteiger charge is -2.22. The molecule has 0 spiro atoms. The van der Waals surface area contributed by atoms with Crippen LogP contribution in [-0.2, 0) is 23.9 Å². The molecule has 230 valence electrons. The van der Waals surface area contributed by atoms with E-state index >= 15 is 0 Å². The van der Waals surface area contributed by atoms with E-state index in [2.05, 4.69) is 27.8 Å². The van der Waals surface area contributed by atoms with E-state index in [0.717, 1.165) is 57.8 Å². The normalized spacial score (nSPS) is 10.3. The van der Waals surface area contributed by atoms with Crippen LogP contribution in [0.2, 0.25) is 0 Å². The number of rotatable bonds is 25. The summed E-state index contributed by atoms with van der Waals surface area (Å²) in [5.74, 6) is -0.328. The SMILES string of the molecule is C=CCOC(=O)NCCCCCC(=O)N(CCNC(=O)CC)CC(=O)NCCCCCCCCCCC(=O)NC. The summed E-state index contributed by atoms with van der Waals surface area (Å²) in [6.07, 6.45) is 12.8. The molecule has 11 nitrogen and oxygen atoms in total. The van der Waals surface area contributed by atoms with Crippen molar-refractivity contribution in [2.24, 2.45) is 0 Å². The first-order chi connectivity index (χ1) is 19.3. The number of nitrogens with zero attached hydrogens (tertiary/aromatic N) is 1. The molecule has 0 heterocycles. The van der Waals surface area contributed by atoms with E-state index in [0.29, 0.717) is 51.7 Å². The lowest BCUT2D eigenvalue weighted by Crippen LogP contribution is -2.44. The summed E-state index contributed by atoms with van der Waals surface area (Å²) < 4.78 is 4.84. The van der Waals surface area contributed by atoms with Crippen LogP contribution in [0.1, 0.15) is 96.8 Å². The van der Waals surface area contributed by atoms with Crippen molar-refractivity contribution in [2.75, 3.05) is 46.4 Å². The smallest absolute Gasteiger partial charge is 0.407 e. The first-order valence-corrected chi connectivity index (χ1v) is 14.9. The molecule has 4 N–H and O–H groups in total. The average Bonchev–Trinajstić information content (AvgIpc) is 2.95. The predicted octanol–water partition coefficient (Wildman–Crippen LogP) is 3.19. The number of carbonyl (C=O) groups excluding carboxylic acids is 5. The summed E-state index contributed by atoms with van der Waals surface area (Å²) in [5, 5.41) is 10.9. The van der Waals surface area contributed by atoms with Crippen molar-refractivity contribution in [1.29, 1.82) is 0 Å². The van der Waals surface area contributed by atoms with Crippen molar-refractivity contribution < 1.29 is 28.7 Å². The fraction of sp³-hybridized carbons (Fsp3) is 0.759. The number of ether oxygens (including phenoxy) is 1. The van der Waals surface area contributed by atoms with Gasteiger partial charge in [-0.1, -0.05) is 64.5 Å². The van der Waals surface area contributed by atoms with Gasteiger partial charge in [0.25, 0.3) is 0 Å². The maximum Gasteiger partial charge on any atom is 0.407 e. The van der Waals surface area contributed by atoms with Crippen LogP contribution in [0.4, 0.5) is 4.79 Å². The molecule has 0 saturated carbocycles. The molecule has 0 aliphatic heterocycles. The second-order valence-electron chi connectivity index (χ2n) is 9.74. The Hall–Kier alpha value is -3.11. The van der Waals surface area contributed by atoms with Gasteiger partial charge in [-0.3, -0.25) is 19.2 Å². The summed E-state index contributed by atoms with van der Waals surface area (Å²) in [6, 6.07) is 0. The zero-order chi connectivity index (χ0) is 29.8. The first kappa shape index (κ1) is 36.9. The van der Waals surface area contributed by atoms with Crippen molar-refractivity contribution in [3.05, 3.63) is 12.7 Å². The fourth-order valence-corrected chi connectivity index (χ4v) is 3.91. The minimum atomic E-state index is -0.492. The Kier molecular flexibility index (Phi) is 24.1. The topological polar surface area (TPSA) is 146 Å². The van der Waals surface area contributed by atoms with Crippen LogP contribution in [0.15, 0.2) is 12.7 Å². The summed E-state index contributed by atoms with van der Waals surface area (Å²) in [4.78, 5) is 60.9. The molecule has 0 aromatic carbocycles. The van der Waals surface area contributed by atoms with Gasteiger partial charge in [0.2, 0.25) is 23.6 Å². The molecule has 0 rings (SSSR count). The van der Waals surface area contributed by atoms with Crippen LogP contribution in [-0.4, -0.2) is 81.0 Å². The molecule has 0 fully saturated rings. The molecule has 40 heavy (non-hydrogen) atoms. The second kappa shape index (κ2) is 26.1. The monoisotopic (exact) mass is 567 g/mol. The van der Waals surface area contributed by atoms with Crippen LogP contribution in [0, 0.1) is 0 Å². The van der Waals surface area contributed by atoms with Crippen LogP contribution in [0.3, 0.4) is 0 Å². The molecule has 0 atom stereocenters. The number of amides is 5. The molecular formula is C29H53N5O6. The highest BCUT2D eigenvalue weighted by molar-refractivity contribution is 5.84. The Morgan fingerprint density at radius 2 is 1.25 bits per heavy atom. The predicted molar refractivity (Wildman–Crippen MR) is 157 cm³/mol. The highest BCUT2D eigenvalue weighted by Gasteiger charge is 2.17. The third-order valence-electron chi connectivity index (χ3n) is 6.31. The third kappa shape index (κ3) is 22.8. The Balaban J connectivity index is 4.18. The standard InChI is InChI=1S/C29H53N5O6/c1-4-23-40-29(39)33-20-16-12-14-18-28(38)34(22-21-32-25(35)5-2)24-27(37)31-19-15-11-9-7-6-8-10-13-17-26(36)30-3/h4H,1,5-24H2,2-3H3,(H,30,36)(H,31,37)(H,32,35)(H,33,39). The van der Waals surface area contributed by atoms with E-state index in [-0.39, 0.29) is 43.3 Å². The fourth-order valence-electron chi connectivity index (χ4n) is 3.91. The molecule has 11 heteroatoms. The van der Waals surface area contributed by atoms with Crippen LogP contribution >= 0.6 is 0 Å². The van der Waals surface area contributed by atoms with Crippen molar-refractivity contribution >= 4 is 29.7 Å². The van der Waals surface area contributed by atoms with E-state index in [1.54, 1.807) is 14.0 Å².